The molecule has 1 aliphatic carbocycles. The number of pyridine rings is 1. The van der Waals surface area contributed by atoms with Crippen LogP contribution in [0.25, 0.3) is 0 Å². The van der Waals surface area contributed by atoms with E-state index in [1.165, 1.54) is 6.42 Å². The summed E-state index contributed by atoms with van der Waals surface area (Å²) in [6.07, 6.45) is 5.03. The molecule has 1 aromatic rings. The minimum Gasteiger partial charge on any atom is -0.409 e. The Morgan fingerprint density at radius 2 is 2.42 bits per heavy atom. The number of ether oxygens (including phenoxy) is 1. The second-order valence-corrected chi connectivity index (χ2v) is 4.84. The number of aromatic nitrogens is 1. The molecule has 0 spiro atoms. The third kappa shape index (κ3) is 3.02. The molecule has 2 rings (SSSR count). The maximum absolute atomic E-state index is 8.74. The monoisotopic (exact) mass is 264 g/mol. The van der Waals surface area contributed by atoms with Crippen molar-refractivity contribution >= 4 is 5.84 Å². The molecule has 4 N–H and O–H groups in total. The largest absolute Gasteiger partial charge is 0.409 e. The molecule has 0 atom stereocenters. The molecule has 1 fully saturated rings. The van der Waals surface area contributed by atoms with E-state index in [0.717, 1.165) is 24.9 Å². The molecule has 1 aliphatic rings. The van der Waals surface area contributed by atoms with Gasteiger partial charge in [0.05, 0.1) is 5.60 Å². The first kappa shape index (κ1) is 13.8. The predicted molar refractivity (Wildman–Crippen MR) is 72.0 cm³/mol. The van der Waals surface area contributed by atoms with Crippen molar-refractivity contribution < 1.29 is 9.94 Å². The van der Waals surface area contributed by atoms with Crippen molar-refractivity contribution in [2.75, 3.05) is 13.7 Å². The molecule has 0 bridgehead atoms. The summed E-state index contributed by atoms with van der Waals surface area (Å²) in [6, 6.07) is 3.74. The maximum Gasteiger partial charge on any atom is 0.189 e. The Kier molecular flexibility index (Phi) is 4.34. The molecule has 1 saturated carbocycles. The number of hydrogen-bond donors (Lipinski definition) is 3. The number of rotatable bonds is 6. The lowest BCUT2D eigenvalue weighted by atomic mass is 9.80. The van der Waals surface area contributed by atoms with Crippen LogP contribution in [0.3, 0.4) is 0 Å². The smallest absolute Gasteiger partial charge is 0.189 e. The number of methoxy groups -OCH3 is 1. The fourth-order valence-electron chi connectivity index (χ4n) is 2.31. The normalized spacial score (nSPS) is 18.1. The van der Waals surface area contributed by atoms with Crippen molar-refractivity contribution in [1.29, 1.82) is 0 Å². The van der Waals surface area contributed by atoms with Crippen LogP contribution in [0.2, 0.25) is 0 Å². The summed E-state index contributed by atoms with van der Waals surface area (Å²) < 4.78 is 5.54. The summed E-state index contributed by atoms with van der Waals surface area (Å²) in [5.41, 5.74) is 7.00. The van der Waals surface area contributed by atoms with Crippen LogP contribution < -0.4 is 11.1 Å². The van der Waals surface area contributed by atoms with Gasteiger partial charge in [-0.25, -0.2) is 0 Å². The lowest BCUT2D eigenvalue weighted by molar-refractivity contribution is -0.0695. The molecule has 0 saturated heterocycles. The van der Waals surface area contributed by atoms with Crippen molar-refractivity contribution in [3.63, 3.8) is 0 Å². The van der Waals surface area contributed by atoms with E-state index in [1.807, 2.05) is 12.1 Å². The van der Waals surface area contributed by atoms with Gasteiger partial charge in [-0.1, -0.05) is 11.2 Å². The van der Waals surface area contributed by atoms with Crippen LogP contribution in [0.1, 0.15) is 30.5 Å². The van der Waals surface area contributed by atoms with Crippen molar-refractivity contribution in [1.82, 2.24) is 10.3 Å². The van der Waals surface area contributed by atoms with Crippen LogP contribution in [0.5, 0.6) is 0 Å². The van der Waals surface area contributed by atoms with Gasteiger partial charge in [0.2, 0.25) is 0 Å². The van der Waals surface area contributed by atoms with Gasteiger partial charge in [0.25, 0.3) is 0 Å². The third-order valence-corrected chi connectivity index (χ3v) is 3.70. The minimum atomic E-state index is -0.0149. The summed E-state index contributed by atoms with van der Waals surface area (Å²) in [5.74, 6) is 0.0301. The quantitative estimate of drug-likeness (QED) is 0.306. The number of nitrogens with one attached hydrogen (secondary N) is 1. The topological polar surface area (TPSA) is 92.8 Å². The molecule has 1 heterocycles. The molecule has 0 aromatic carbocycles. The highest BCUT2D eigenvalue weighted by atomic mass is 16.5. The van der Waals surface area contributed by atoms with Gasteiger partial charge < -0.3 is 21.0 Å². The van der Waals surface area contributed by atoms with Crippen LogP contribution >= 0.6 is 0 Å². The van der Waals surface area contributed by atoms with Crippen LogP contribution in [-0.4, -0.2) is 35.3 Å². The van der Waals surface area contributed by atoms with Gasteiger partial charge in [-0.3, -0.25) is 4.98 Å². The van der Waals surface area contributed by atoms with E-state index < -0.39 is 0 Å². The third-order valence-electron chi connectivity index (χ3n) is 3.70. The fourth-order valence-corrected chi connectivity index (χ4v) is 2.31. The van der Waals surface area contributed by atoms with Gasteiger partial charge in [0.1, 0.15) is 5.69 Å². The molecule has 0 radical (unpaired) electrons. The highest BCUT2D eigenvalue weighted by Crippen LogP contribution is 2.34. The highest BCUT2D eigenvalue weighted by molar-refractivity contribution is 5.96. The Morgan fingerprint density at radius 1 is 1.63 bits per heavy atom. The van der Waals surface area contributed by atoms with Gasteiger partial charge in [0.15, 0.2) is 5.84 Å². The Hall–Kier alpha value is -1.66. The Bertz CT molecular complexity index is 452. The van der Waals surface area contributed by atoms with Crippen molar-refractivity contribution in [2.45, 2.75) is 31.4 Å². The maximum atomic E-state index is 8.74. The summed E-state index contributed by atoms with van der Waals surface area (Å²) >= 11 is 0. The Balaban J connectivity index is 1.96. The van der Waals surface area contributed by atoms with E-state index in [9.17, 15) is 0 Å². The molecule has 0 aliphatic heterocycles. The second kappa shape index (κ2) is 5.99. The number of oxime groups is 1. The molecule has 0 unspecified atom stereocenters. The lowest BCUT2D eigenvalue weighted by Crippen LogP contribution is -2.47. The van der Waals surface area contributed by atoms with Crippen LogP contribution in [-0.2, 0) is 11.3 Å². The zero-order valence-electron chi connectivity index (χ0n) is 11.1. The van der Waals surface area contributed by atoms with Crippen LogP contribution in [0.15, 0.2) is 23.5 Å². The molecule has 104 valence electrons. The van der Waals surface area contributed by atoms with Crippen molar-refractivity contribution in [3.05, 3.63) is 29.6 Å². The summed E-state index contributed by atoms with van der Waals surface area (Å²) in [7, 11) is 1.76. The first-order chi connectivity index (χ1) is 9.21. The Morgan fingerprint density at radius 3 is 3.00 bits per heavy atom. The van der Waals surface area contributed by atoms with E-state index in [0.29, 0.717) is 12.2 Å². The van der Waals surface area contributed by atoms with Crippen LogP contribution in [0.4, 0.5) is 0 Å². The second-order valence-electron chi connectivity index (χ2n) is 4.84. The standard InChI is InChI=1S/C13H20N4O2/c1-19-13(5-3-6-13)9-15-8-10-4-2-7-16-11(10)12(14)17-18/h2,4,7,15,18H,3,5-6,8-9H2,1H3,(H2,14,17). The molecule has 1 aromatic heterocycles. The lowest BCUT2D eigenvalue weighted by Gasteiger charge is -2.40. The molecular weight excluding hydrogens is 244 g/mol. The van der Waals surface area contributed by atoms with Gasteiger partial charge in [-0.15, -0.1) is 0 Å². The Labute approximate surface area is 112 Å². The number of nitrogens with two attached hydrogens (primary N) is 1. The summed E-state index contributed by atoms with van der Waals surface area (Å²) in [6.45, 7) is 1.42. The first-order valence-electron chi connectivity index (χ1n) is 6.38. The molecule has 0 amide bonds. The molecule has 6 nitrogen and oxygen atoms in total. The van der Waals surface area contributed by atoms with Gasteiger partial charge in [-0.05, 0) is 30.9 Å². The molecule has 19 heavy (non-hydrogen) atoms. The van der Waals surface area contributed by atoms with Crippen LogP contribution in [0, 0.1) is 0 Å². The molecule has 6 heteroatoms. The van der Waals surface area contributed by atoms with E-state index in [-0.39, 0.29) is 11.4 Å². The highest BCUT2D eigenvalue weighted by Gasteiger charge is 2.36. The van der Waals surface area contributed by atoms with E-state index in [2.05, 4.69) is 15.5 Å². The molecular formula is C13H20N4O2. The SMILES string of the molecule is COC1(CNCc2cccnc2/C(N)=N/O)CCC1. The average Bonchev–Trinajstić information content (AvgIpc) is 2.41. The zero-order valence-corrected chi connectivity index (χ0v) is 11.1. The number of amidine groups is 1. The average molecular weight is 264 g/mol. The first-order valence-corrected chi connectivity index (χ1v) is 6.38. The van der Waals surface area contributed by atoms with E-state index in [1.54, 1.807) is 13.3 Å². The van der Waals surface area contributed by atoms with Crippen molar-refractivity contribution in [3.8, 4) is 0 Å². The summed E-state index contributed by atoms with van der Waals surface area (Å²) in [4.78, 5) is 4.13. The number of hydrogen-bond acceptors (Lipinski definition) is 5. The van der Waals surface area contributed by atoms with Gasteiger partial charge in [0, 0.05) is 26.4 Å². The minimum absolute atomic E-state index is 0.0149. The fraction of sp³-hybridized carbons (Fsp3) is 0.538. The predicted octanol–water partition coefficient (Wildman–Crippen LogP) is 0.835. The van der Waals surface area contributed by atoms with E-state index >= 15 is 0 Å². The van der Waals surface area contributed by atoms with Gasteiger partial charge >= 0.3 is 0 Å². The number of nitrogens with zero attached hydrogens (tertiary/aromatic N) is 2. The van der Waals surface area contributed by atoms with Gasteiger partial charge in [-0.2, -0.15) is 0 Å². The van der Waals surface area contributed by atoms with Crippen molar-refractivity contribution in [2.24, 2.45) is 10.9 Å². The zero-order chi connectivity index (χ0) is 13.7. The van der Waals surface area contributed by atoms with E-state index in [4.69, 9.17) is 15.7 Å². The summed E-state index contributed by atoms with van der Waals surface area (Å²) in [5, 5.41) is 15.1.